The van der Waals surface area contributed by atoms with Crippen molar-refractivity contribution >= 4 is 44.9 Å². The first kappa shape index (κ1) is 19.4. The molecular weight excluding hydrogens is 389 g/mol. The number of hydrogen-bond acceptors (Lipinski definition) is 5. The third kappa shape index (κ3) is 3.84. The monoisotopic (exact) mass is 403 g/mol. The van der Waals surface area contributed by atoms with E-state index in [0.717, 1.165) is 4.31 Å². The van der Waals surface area contributed by atoms with E-state index in [0.29, 0.717) is 5.75 Å². The van der Waals surface area contributed by atoms with Crippen molar-refractivity contribution in [1.29, 1.82) is 0 Å². The molecule has 134 valence electrons. The van der Waals surface area contributed by atoms with E-state index in [-0.39, 0.29) is 26.2 Å². The summed E-state index contributed by atoms with van der Waals surface area (Å²) in [5.41, 5.74) is 0.313. The minimum absolute atomic E-state index is 0.0414. The fourth-order valence-corrected chi connectivity index (χ4v) is 3.94. The summed E-state index contributed by atoms with van der Waals surface area (Å²) in [4.78, 5) is 11.6. The van der Waals surface area contributed by atoms with Gasteiger partial charge in [0.05, 0.1) is 40.4 Å². The lowest BCUT2D eigenvalue weighted by atomic mass is 10.2. The van der Waals surface area contributed by atoms with Gasteiger partial charge in [0.15, 0.2) is 0 Å². The van der Waals surface area contributed by atoms with Crippen LogP contribution in [0.4, 0.5) is 5.69 Å². The Labute approximate surface area is 155 Å². The Kier molecular flexibility index (Phi) is 5.82. The van der Waals surface area contributed by atoms with Crippen molar-refractivity contribution in [3.63, 3.8) is 0 Å². The van der Waals surface area contributed by atoms with E-state index in [4.69, 9.17) is 27.9 Å². The van der Waals surface area contributed by atoms with E-state index in [1.54, 1.807) is 0 Å². The molecule has 0 unspecified atom stereocenters. The van der Waals surface area contributed by atoms with E-state index < -0.39 is 16.0 Å². The molecule has 0 amide bonds. The van der Waals surface area contributed by atoms with Crippen LogP contribution in [0.3, 0.4) is 0 Å². The number of halogens is 2. The summed E-state index contributed by atoms with van der Waals surface area (Å²) in [5, 5.41) is 0.324. The average molecular weight is 404 g/mol. The van der Waals surface area contributed by atoms with Crippen molar-refractivity contribution in [2.75, 3.05) is 25.6 Å². The van der Waals surface area contributed by atoms with Gasteiger partial charge in [-0.3, -0.25) is 4.31 Å². The van der Waals surface area contributed by atoms with E-state index >= 15 is 0 Å². The van der Waals surface area contributed by atoms with Gasteiger partial charge in [-0.15, -0.1) is 0 Å². The first-order valence-electron chi connectivity index (χ1n) is 6.92. The first-order chi connectivity index (χ1) is 11.7. The van der Waals surface area contributed by atoms with Crippen molar-refractivity contribution in [2.45, 2.75) is 4.90 Å². The van der Waals surface area contributed by atoms with Crippen LogP contribution < -0.4 is 9.04 Å². The smallest absolute Gasteiger partial charge is 0.337 e. The molecule has 9 heteroatoms. The fourth-order valence-electron chi connectivity index (χ4n) is 2.09. The van der Waals surface area contributed by atoms with E-state index in [9.17, 15) is 13.2 Å². The van der Waals surface area contributed by atoms with E-state index in [1.807, 2.05) is 0 Å². The molecule has 0 N–H and O–H groups in total. The highest BCUT2D eigenvalue weighted by molar-refractivity contribution is 7.92. The molecule has 6 nitrogen and oxygen atoms in total. The Morgan fingerprint density at radius 1 is 1.04 bits per heavy atom. The minimum Gasteiger partial charge on any atom is -0.495 e. The third-order valence-electron chi connectivity index (χ3n) is 3.49. The van der Waals surface area contributed by atoms with E-state index in [2.05, 4.69) is 4.74 Å². The molecule has 0 spiro atoms. The Balaban J connectivity index is 2.50. The summed E-state index contributed by atoms with van der Waals surface area (Å²) < 4.78 is 36.3. The van der Waals surface area contributed by atoms with Gasteiger partial charge in [-0.2, -0.15) is 0 Å². The van der Waals surface area contributed by atoms with Gasteiger partial charge in [0.2, 0.25) is 0 Å². The lowest BCUT2D eigenvalue weighted by Crippen LogP contribution is -2.27. The quantitative estimate of drug-likeness (QED) is 0.712. The number of hydrogen-bond donors (Lipinski definition) is 0. The molecule has 0 radical (unpaired) electrons. The van der Waals surface area contributed by atoms with Gasteiger partial charge in [-0.05, 0) is 36.4 Å². The molecule has 0 heterocycles. The van der Waals surface area contributed by atoms with Crippen LogP contribution in [0, 0.1) is 0 Å². The standard InChI is InChI=1S/C16H15Cl2NO5S/c1-19(14-8-10(16(20)24-3)4-6-12(14)17)25(21,22)11-5-7-15(23-2)13(18)9-11/h4-9H,1-3H3. The molecule has 2 aromatic rings. The van der Waals surface area contributed by atoms with Gasteiger partial charge < -0.3 is 9.47 Å². The molecule has 0 aromatic heterocycles. The fraction of sp³-hybridized carbons (Fsp3) is 0.188. The topological polar surface area (TPSA) is 72.9 Å². The second kappa shape index (κ2) is 7.51. The Morgan fingerprint density at radius 3 is 2.28 bits per heavy atom. The lowest BCUT2D eigenvalue weighted by Gasteiger charge is -2.21. The number of methoxy groups -OCH3 is 2. The Hall–Kier alpha value is -1.96. The highest BCUT2D eigenvalue weighted by Gasteiger charge is 2.25. The van der Waals surface area contributed by atoms with Crippen LogP contribution in [-0.4, -0.2) is 35.7 Å². The average Bonchev–Trinajstić information content (AvgIpc) is 2.60. The minimum atomic E-state index is -3.95. The molecule has 0 saturated carbocycles. The van der Waals surface area contributed by atoms with Crippen molar-refractivity contribution in [2.24, 2.45) is 0 Å². The number of sulfonamides is 1. The molecule has 2 aromatic carbocycles. The van der Waals surface area contributed by atoms with E-state index in [1.165, 1.54) is 57.7 Å². The molecule has 25 heavy (non-hydrogen) atoms. The Morgan fingerprint density at radius 2 is 1.72 bits per heavy atom. The maximum atomic E-state index is 12.8. The van der Waals surface area contributed by atoms with Gasteiger partial charge in [0, 0.05) is 7.05 Å². The summed E-state index contributed by atoms with van der Waals surface area (Å²) in [6, 6.07) is 8.32. The zero-order chi connectivity index (χ0) is 18.8. The maximum absolute atomic E-state index is 12.8. The van der Waals surface area contributed by atoms with Crippen molar-refractivity contribution < 1.29 is 22.7 Å². The number of anilines is 1. The second-order valence-electron chi connectivity index (χ2n) is 4.93. The largest absolute Gasteiger partial charge is 0.495 e. The van der Waals surface area contributed by atoms with Crippen LogP contribution in [-0.2, 0) is 14.8 Å². The maximum Gasteiger partial charge on any atom is 0.337 e. The number of carbonyl (C=O) groups is 1. The number of rotatable bonds is 5. The molecule has 0 aliphatic rings. The molecule has 2 rings (SSSR count). The summed E-state index contributed by atoms with van der Waals surface area (Å²) in [7, 11) is 0.0374. The van der Waals surface area contributed by atoms with Gasteiger partial charge in [0.1, 0.15) is 5.75 Å². The van der Waals surface area contributed by atoms with Crippen LogP contribution in [0.25, 0.3) is 0 Å². The van der Waals surface area contributed by atoms with Gasteiger partial charge >= 0.3 is 5.97 Å². The summed E-state index contributed by atoms with van der Waals surface area (Å²) in [6.07, 6.45) is 0. The van der Waals surface area contributed by atoms with Crippen LogP contribution in [0.5, 0.6) is 5.75 Å². The molecular formula is C16H15Cl2NO5S. The van der Waals surface area contributed by atoms with Gasteiger partial charge in [-0.1, -0.05) is 23.2 Å². The van der Waals surface area contributed by atoms with Crippen LogP contribution in [0.2, 0.25) is 10.0 Å². The summed E-state index contributed by atoms with van der Waals surface area (Å²) >= 11 is 12.1. The first-order valence-corrected chi connectivity index (χ1v) is 9.12. The summed E-state index contributed by atoms with van der Waals surface area (Å²) in [6.45, 7) is 0. The molecule has 0 fully saturated rings. The summed E-state index contributed by atoms with van der Waals surface area (Å²) in [5.74, 6) is -0.245. The van der Waals surface area contributed by atoms with Crippen LogP contribution in [0.1, 0.15) is 10.4 Å². The number of esters is 1. The van der Waals surface area contributed by atoms with Crippen molar-refractivity contribution in [3.05, 3.63) is 52.0 Å². The van der Waals surface area contributed by atoms with Crippen LogP contribution in [0.15, 0.2) is 41.3 Å². The molecule has 0 aliphatic carbocycles. The SMILES string of the molecule is COC(=O)c1ccc(Cl)c(N(C)S(=O)(=O)c2ccc(OC)c(Cl)c2)c1. The number of carbonyl (C=O) groups excluding carboxylic acids is 1. The zero-order valence-electron chi connectivity index (χ0n) is 13.6. The number of benzene rings is 2. The number of ether oxygens (including phenoxy) is 2. The number of nitrogens with zero attached hydrogens (tertiary/aromatic N) is 1. The van der Waals surface area contributed by atoms with Crippen LogP contribution >= 0.6 is 23.2 Å². The highest BCUT2D eigenvalue weighted by atomic mass is 35.5. The highest BCUT2D eigenvalue weighted by Crippen LogP contribution is 2.33. The van der Waals surface area contributed by atoms with Crippen molar-refractivity contribution in [1.82, 2.24) is 0 Å². The van der Waals surface area contributed by atoms with Crippen molar-refractivity contribution in [3.8, 4) is 5.75 Å². The normalized spacial score (nSPS) is 11.1. The predicted molar refractivity (Wildman–Crippen MR) is 96.4 cm³/mol. The zero-order valence-corrected chi connectivity index (χ0v) is 15.9. The predicted octanol–water partition coefficient (Wildman–Crippen LogP) is 3.61. The Bertz CT molecular complexity index is 915. The lowest BCUT2D eigenvalue weighted by molar-refractivity contribution is 0.0601. The molecule has 0 bridgehead atoms. The molecule has 0 atom stereocenters. The third-order valence-corrected chi connectivity index (χ3v) is 5.87. The van der Waals surface area contributed by atoms with Gasteiger partial charge in [-0.25, -0.2) is 13.2 Å². The molecule has 0 aliphatic heterocycles. The second-order valence-corrected chi connectivity index (χ2v) is 7.71. The molecule has 0 saturated heterocycles. The van der Waals surface area contributed by atoms with Gasteiger partial charge in [0.25, 0.3) is 10.0 Å².